The number of amides is 2. The third-order valence-electron chi connectivity index (χ3n) is 5.99. The molecule has 0 spiro atoms. The Morgan fingerprint density at radius 1 is 1.24 bits per heavy atom. The molecule has 11 nitrogen and oxygen atoms in total. The first kappa shape index (κ1) is 27.7. The van der Waals surface area contributed by atoms with Crippen LogP contribution < -0.4 is 5.32 Å². The molecule has 1 aliphatic heterocycles. The fourth-order valence-corrected chi connectivity index (χ4v) is 3.84. The van der Waals surface area contributed by atoms with Gasteiger partial charge in [0.2, 0.25) is 11.8 Å². The van der Waals surface area contributed by atoms with E-state index < -0.39 is 0 Å². The monoisotopic (exact) mass is 480 g/mol. The van der Waals surface area contributed by atoms with E-state index in [2.05, 4.69) is 27.6 Å². The Kier molecular flexibility index (Phi) is 12.5. The standard InChI is InChI=1S/C23H40N6O5/c1-3-21(31)24-10-14-28(15-16-30)22(32)7-4-6-20-18-29(26-25-20)11-5-17-34-23(33)19-8-12-27(2)13-9-19/h18-19,30H,3-17H2,1-2H3,(H,24,31). The summed E-state index contributed by atoms with van der Waals surface area (Å²) in [6.07, 6.45) is 6.22. The molecular weight excluding hydrogens is 440 g/mol. The molecule has 1 saturated heterocycles. The lowest BCUT2D eigenvalue weighted by Gasteiger charge is -2.27. The van der Waals surface area contributed by atoms with Crippen molar-refractivity contribution in [3.05, 3.63) is 11.9 Å². The van der Waals surface area contributed by atoms with Crippen molar-refractivity contribution in [1.29, 1.82) is 0 Å². The zero-order chi connectivity index (χ0) is 24.8. The molecule has 34 heavy (non-hydrogen) atoms. The van der Waals surface area contributed by atoms with Crippen LogP contribution in [0.15, 0.2) is 6.20 Å². The lowest BCUT2D eigenvalue weighted by molar-refractivity contribution is -0.150. The van der Waals surface area contributed by atoms with Gasteiger partial charge in [-0.05, 0) is 45.8 Å². The van der Waals surface area contributed by atoms with Crippen molar-refractivity contribution in [1.82, 2.24) is 30.1 Å². The third kappa shape index (κ3) is 10.2. The number of rotatable bonds is 15. The van der Waals surface area contributed by atoms with Crippen LogP contribution in [0.4, 0.5) is 0 Å². The molecule has 11 heteroatoms. The molecule has 192 valence electrons. The van der Waals surface area contributed by atoms with Crippen LogP contribution >= 0.6 is 0 Å². The fraction of sp³-hybridized carbons (Fsp3) is 0.783. The number of hydrogen-bond donors (Lipinski definition) is 2. The molecule has 2 amide bonds. The molecule has 0 atom stereocenters. The van der Waals surface area contributed by atoms with Gasteiger partial charge in [0, 0.05) is 51.6 Å². The highest BCUT2D eigenvalue weighted by molar-refractivity contribution is 5.77. The first-order valence-electron chi connectivity index (χ1n) is 12.3. The maximum Gasteiger partial charge on any atom is 0.309 e. The Hall–Kier alpha value is -2.53. The fourth-order valence-electron chi connectivity index (χ4n) is 3.84. The highest BCUT2D eigenvalue weighted by Gasteiger charge is 2.24. The molecule has 2 heterocycles. The normalized spacial score (nSPS) is 14.7. The van der Waals surface area contributed by atoms with Crippen molar-refractivity contribution in [2.45, 2.75) is 58.4 Å². The Morgan fingerprint density at radius 2 is 2.00 bits per heavy atom. The largest absolute Gasteiger partial charge is 0.465 e. The van der Waals surface area contributed by atoms with Gasteiger partial charge in [0.25, 0.3) is 0 Å². The van der Waals surface area contributed by atoms with E-state index in [0.717, 1.165) is 31.6 Å². The van der Waals surface area contributed by atoms with Gasteiger partial charge in [0.1, 0.15) is 0 Å². The van der Waals surface area contributed by atoms with Gasteiger partial charge in [-0.1, -0.05) is 12.1 Å². The number of aryl methyl sites for hydroxylation is 2. The average molecular weight is 481 g/mol. The van der Waals surface area contributed by atoms with E-state index in [1.54, 1.807) is 16.5 Å². The summed E-state index contributed by atoms with van der Waals surface area (Å²) in [6.45, 7) is 5.51. The molecule has 1 aromatic rings. The Labute approximate surface area is 201 Å². The van der Waals surface area contributed by atoms with Crippen molar-refractivity contribution in [2.24, 2.45) is 5.92 Å². The molecule has 2 N–H and O–H groups in total. The summed E-state index contributed by atoms with van der Waals surface area (Å²) in [7, 11) is 2.06. The number of esters is 1. The van der Waals surface area contributed by atoms with Crippen molar-refractivity contribution >= 4 is 17.8 Å². The van der Waals surface area contributed by atoms with Gasteiger partial charge in [-0.2, -0.15) is 0 Å². The van der Waals surface area contributed by atoms with Gasteiger partial charge in [-0.25, -0.2) is 0 Å². The molecular formula is C23H40N6O5. The van der Waals surface area contributed by atoms with Gasteiger partial charge in [-0.15, -0.1) is 5.10 Å². The van der Waals surface area contributed by atoms with Crippen molar-refractivity contribution < 1.29 is 24.2 Å². The minimum absolute atomic E-state index is 0.0141. The number of carbonyl (C=O) groups excluding carboxylic acids is 3. The number of nitrogens with one attached hydrogen (secondary N) is 1. The predicted octanol–water partition coefficient (Wildman–Crippen LogP) is 0.223. The molecule has 0 aliphatic carbocycles. The molecule has 0 aromatic carbocycles. The third-order valence-corrected chi connectivity index (χ3v) is 5.99. The SMILES string of the molecule is CCC(=O)NCCN(CCO)C(=O)CCCc1cn(CCCOC(=O)C2CCN(C)CC2)nn1. The van der Waals surface area contributed by atoms with Gasteiger partial charge in [-0.3, -0.25) is 19.1 Å². The number of aromatic nitrogens is 3. The second kappa shape index (κ2) is 15.4. The quantitative estimate of drug-likeness (QED) is 0.269. The molecule has 2 rings (SSSR count). The van der Waals surface area contributed by atoms with Crippen molar-refractivity contribution in [3.63, 3.8) is 0 Å². The van der Waals surface area contributed by atoms with E-state index in [1.807, 2.05) is 6.20 Å². The van der Waals surface area contributed by atoms with Crippen molar-refractivity contribution in [2.75, 3.05) is 53.0 Å². The van der Waals surface area contributed by atoms with Gasteiger partial charge in [0.15, 0.2) is 0 Å². The molecule has 1 aromatic heterocycles. The minimum atomic E-state index is -0.116. The number of hydrogen-bond acceptors (Lipinski definition) is 8. The van der Waals surface area contributed by atoms with E-state index in [0.29, 0.717) is 58.3 Å². The highest BCUT2D eigenvalue weighted by atomic mass is 16.5. The molecule has 0 unspecified atom stereocenters. The van der Waals surface area contributed by atoms with Crippen LogP contribution in [0.3, 0.4) is 0 Å². The number of nitrogens with zero attached hydrogens (tertiary/aromatic N) is 5. The summed E-state index contributed by atoms with van der Waals surface area (Å²) in [4.78, 5) is 39.7. The summed E-state index contributed by atoms with van der Waals surface area (Å²) >= 11 is 0. The number of likely N-dealkylation sites (tertiary alicyclic amines) is 1. The van der Waals surface area contributed by atoms with E-state index in [4.69, 9.17) is 4.74 Å². The minimum Gasteiger partial charge on any atom is -0.465 e. The van der Waals surface area contributed by atoms with E-state index in [1.165, 1.54) is 0 Å². The summed E-state index contributed by atoms with van der Waals surface area (Å²) in [6, 6.07) is 0. The van der Waals surface area contributed by atoms with Crippen LogP contribution in [-0.4, -0.2) is 101 Å². The van der Waals surface area contributed by atoms with Crippen LogP contribution in [0.1, 0.15) is 51.1 Å². The van der Waals surface area contributed by atoms with Crippen LogP contribution in [0.25, 0.3) is 0 Å². The molecule has 1 aliphatic rings. The first-order valence-corrected chi connectivity index (χ1v) is 12.3. The smallest absolute Gasteiger partial charge is 0.309 e. The molecule has 0 bridgehead atoms. The highest BCUT2D eigenvalue weighted by Crippen LogP contribution is 2.17. The zero-order valence-corrected chi connectivity index (χ0v) is 20.6. The number of piperidine rings is 1. The Morgan fingerprint density at radius 3 is 2.71 bits per heavy atom. The lowest BCUT2D eigenvalue weighted by atomic mass is 9.97. The number of aliphatic hydroxyl groups is 1. The van der Waals surface area contributed by atoms with E-state index >= 15 is 0 Å². The van der Waals surface area contributed by atoms with Crippen LogP contribution in [0, 0.1) is 5.92 Å². The van der Waals surface area contributed by atoms with Gasteiger partial charge in [0.05, 0.1) is 24.8 Å². The summed E-state index contributed by atoms with van der Waals surface area (Å²) in [5.74, 6) is -0.200. The average Bonchev–Trinajstić information content (AvgIpc) is 3.28. The number of carbonyl (C=O) groups is 3. The Balaban J connectivity index is 1.62. The summed E-state index contributed by atoms with van der Waals surface area (Å²) < 4.78 is 7.16. The van der Waals surface area contributed by atoms with Crippen LogP contribution in [-0.2, 0) is 32.1 Å². The second-order valence-corrected chi connectivity index (χ2v) is 8.73. The molecule has 0 radical (unpaired) electrons. The summed E-state index contributed by atoms with van der Waals surface area (Å²) in [5.41, 5.74) is 0.806. The van der Waals surface area contributed by atoms with E-state index in [-0.39, 0.29) is 36.9 Å². The first-order chi connectivity index (χ1) is 16.4. The molecule has 0 saturated carbocycles. The maximum atomic E-state index is 12.5. The van der Waals surface area contributed by atoms with Crippen molar-refractivity contribution in [3.8, 4) is 0 Å². The van der Waals surface area contributed by atoms with Crippen LogP contribution in [0.2, 0.25) is 0 Å². The maximum absolute atomic E-state index is 12.5. The zero-order valence-electron chi connectivity index (χ0n) is 20.6. The second-order valence-electron chi connectivity index (χ2n) is 8.73. The van der Waals surface area contributed by atoms with Gasteiger partial charge < -0.3 is 25.0 Å². The molecule has 1 fully saturated rings. The number of aliphatic hydroxyl groups excluding tert-OH is 1. The predicted molar refractivity (Wildman–Crippen MR) is 126 cm³/mol. The Bertz CT molecular complexity index is 763. The number of ether oxygens (including phenoxy) is 1. The van der Waals surface area contributed by atoms with Gasteiger partial charge >= 0.3 is 5.97 Å². The summed E-state index contributed by atoms with van der Waals surface area (Å²) in [5, 5.41) is 20.2. The van der Waals surface area contributed by atoms with E-state index in [9.17, 15) is 19.5 Å². The topological polar surface area (TPSA) is 130 Å². The van der Waals surface area contributed by atoms with Crippen LogP contribution in [0.5, 0.6) is 0 Å². The lowest BCUT2D eigenvalue weighted by Crippen LogP contribution is -2.39.